The maximum Gasteiger partial charge on any atom is 0.232 e. The van der Waals surface area contributed by atoms with Crippen molar-refractivity contribution in [2.75, 3.05) is 0 Å². The Balaban J connectivity index is 2.99. The molecule has 0 spiro atoms. The van der Waals surface area contributed by atoms with Crippen molar-refractivity contribution in [1.82, 2.24) is 4.98 Å². The largest absolute Gasteiger partial charge is 0.461 e. The van der Waals surface area contributed by atoms with Gasteiger partial charge in [-0.3, -0.25) is 0 Å². The molecule has 0 bridgehead atoms. The van der Waals surface area contributed by atoms with Crippen molar-refractivity contribution in [2.45, 2.75) is 13.0 Å². The van der Waals surface area contributed by atoms with Gasteiger partial charge in [-0.05, 0) is 28.9 Å². The highest BCUT2D eigenvalue weighted by molar-refractivity contribution is 9.10. The van der Waals surface area contributed by atoms with Crippen molar-refractivity contribution in [3.63, 3.8) is 0 Å². The number of halogens is 1. The van der Waals surface area contributed by atoms with Gasteiger partial charge in [0.15, 0.2) is 6.10 Å². The topological polar surface area (TPSA) is 45.9 Å². The number of nitriles is 1. The summed E-state index contributed by atoms with van der Waals surface area (Å²) < 4.78 is 5.98. The summed E-state index contributed by atoms with van der Waals surface area (Å²) in [4.78, 5) is 3.95. The van der Waals surface area contributed by atoms with Crippen molar-refractivity contribution in [1.29, 1.82) is 5.26 Å². The van der Waals surface area contributed by atoms with Crippen LogP contribution >= 0.6 is 15.9 Å². The van der Waals surface area contributed by atoms with E-state index in [-0.39, 0.29) is 5.88 Å². The first kappa shape index (κ1) is 10.6. The van der Waals surface area contributed by atoms with Crippen LogP contribution in [-0.4, -0.2) is 11.1 Å². The summed E-state index contributed by atoms with van der Waals surface area (Å²) in [7, 11) is 0. The Hall–Kier alpha value is -1.52. The second-order valence-electron chi connectivity index (χ2n) is 2.54. The highest BCUT2D eigenvalue weighted by Gasteiger charge is 2.08. The molecular weight excluding hydrogens is 244 g/mol. The molecule has 1 aromatic rings. The SMILES string of the molecule is C#CC(C)Oc1ncc(Br)cc1C#N. The van der Waals surface area contributed by atoms with E-state index >= 15 is 0 Å². The van der Waals surface area contributed by atoms with Gasteiger partial charge in [0.05, 0.1) is 0 Å². The van der Waals surface area contributed by atoms with Crippen molar-refractivity contribution in [2.24, 2.45) is 0 Å². The van der Waals surface area contributed by atoms with Crippen molar-refractivity contribution >= 4 is 15.9 Å². The maximum absolute atomic E-state index is 8.79. The summed E-state index contributed by atoms with van der Waals surface area (Å²) in [6.07, 6.45) is 6.31. The Bertz CT molecular complexity index is 417. The number of pyridine rings is 1. The van der Waals surface area contributed by atoms with Crippen LogP contribution in [0.5, 0.6) is 5.88 Å². The molecular formula is C10H7BrN2O. The monoisotopic (exact) mass is 250 g/mol. The number of terminal acetylenes is 1. The van der Waals surface area contributed by atoms with Gasteiger partial charge in [0.25, 0.3) is 0 Å². The van der Waals surface area contributed by atoms with E-state index in [0.29, 0.717) is 5.56 Å². The summed E-state index contributed by atoms with van der Waals surface area (Å²) >= 11 is 3.21. The summed E-state index contributed by atoms with van der Waals surface area (Å²) in [6.45, 7) is 1.71. The van der Waals surface area contributed by atoms with Gasteiger partial charge < -0.3 is 4.74 Å². The average molecular weight is 251 g/mol. The molecule has 0 aliphatic heterocycles. The Morgan fingerprint density at radius 3 is 3.00 bits per heavy atom. The van der Waals surface area contributed by atoms with E-state index in [1.54, 1.807) is 19.2 Å². The molecule has 0 fully saturated rings. The molecule has 1 aromatic heterocycles. The van der Waals surface area contributed by atoms with Gasteiger partial charge in [0.1, 0.15) is 11.6 Å². The fourth-order valence-corrected chi connectivity index (χ4v) is 1.13. The molecule has 4 heteroatoms. The Morgan fingerprint density at radius 1 is 1.71 bits per heavy atom. The van der Waals surface area contributed by atoms with Crippen LogP contribution in [0.15, 0.2) is 16.7 Å². The molecule has 14 heavy (non-hydrogen) atoms. The van der Waals surface area contributed by atoms with Gasteiger partial charge in [-0.15, -0.1) is 6.42 Å². The maximum atomic E-state index is 8.79. The predicted octanol–water partition coefficient (Wildman–Crippen LogP) is 2.12. The zero-order chi connectivity index (χ0) is 10.6. The predicted molar refractivity (Wildman–Crippen MR) is 55.6 cm³/mol. The quantitative estimate of drug-likeness (QED) is 0.756. The van der Waals surface area contributed by atoms with Crippen molar-refractivity contribution < 1.29 is 4.74 Å². The van der Waals surface area contributed by atoms with E-state index in [0.717, 1.165) is 4.47 Å². The molecule has 70 valence electrons. The minimum Gasteiger partial charge on any atom is -0.461 e. The van der Waals surface area contributed by atoms with Gasteiger partial charge in [-0.25, -0.2) is 4.98 Å². The van der Waals surface area contributed by atoms with Crippen LogP contribution in [0.2, 0.25) is 0 Å². The van der Waals surface area contributed by atoms with Gasteiger partial charge in [0.2, 0.25) is 5.88 Å². The number of hydrogen-bond acceptors (Lipinski definition) is 3. The van der Waals surface area contributed by atoms with Crippen LogP contribution in [0.3, 0.4) is 0 Å². The van der Waals surface area contributed by atoms with E-state index in [9.17, 15) is 0 Å². The minimum atomic E-state index is -0.393. The zero-order valence-corrected chi connectivity index (χ0v) is 9.08. The number of ether oxygens (including phenoxy) is 1. The molecule has 0 N–H and O–H groups in total. The normalized spacial score (nSPS) is 11.1. The molecule has 0 radical (unpaired) electrons. The molecule has 0 amide bonds. The molecule has 0 aromatic carbocycles. The standard InChI is InChI=1S/C10H7BrN2O/c1-3-7(2)14-10-8(5-12)4-9(11)6-13-10/h1,4,6-7H,2H3. The molecule has 0 saturated carbocycles. The summed E-state index contributed by atoms with van der Waals surface area (Å²) in [5.74, 6) is 2.66. The van der Waals surface area contributed by atoms with Crippen LogP contribution in [0.1, 0.15) is 12.5 Å². The third-order valence-electron chi connectivity index (χ3n) is 1.46. The van der Waals surface area contributed by atoms with Crippen LogP contribution in [0.25, 0.3) is 0 Å². The van der Waals surface area contributed by atoms with Gasteiger partial charge in [-0.2, -0.15) is 5.26 Å². The lowest BCUT2D eigenvalue weighted by atomic mass is 10.3. The molecule has 1 atom stereocenters. The van der Waals surface area contributed by atoms with Gasteiger partial charge >= 0.3 is 0 Å². The molecule has 1 unspecified atom stereocenters. The van der Waals surface area contributed by atoms with E-state index in [1.165, 1.54) is 0 Å². The molecule has 1 rings (SSSR count). The third-order valence-corrected chi connectivity index (χ3v) is 1.90. The van der Waals surface area contributed by atoms with E-state index in [4.69, 9.17) is 16.4 Å². The molecule has 0 aliphatic carbocycles. The summed E-state index contributed by atoms with van der Waals surface area (Å²) in [5.41, 5.74) is 0.362. The first-order valence-corrected chi connectivity index (χ1v) is 4.65. The Labute approximate surface area is 90.8 Å². The third kappa shape index (κ3) is 2.48. The lowest BCUT2D eigenvalue weighted by Crippen LogP contribution is -2.10. The number of nitrogens with zero attached hydrogens (tertiary/aromatic N) is 2. The highest BCUT2D eigenvalue weighted by Crippen LogP contribution is 2.19. The smallest absolute Gasteiger partial charge is 0.232 e. The minimum absolute atomic E-state index is 0.265. The Morgan fingerprint density at radius 2 is 2.43 bits per heavy atom. The van der Waals surface area contributed by atoms with E-state index < -0.39 is 6.10 Å². The second-order valence-corrected chi connectivity index (χ2v) is 3.46. The van der Waals surface area contributed by atoms with E-state index in [2.05, 4.69) is 26.8 Å². The first-order chi connectivity index (χ1) is 6.67. The molecule has 0 saturated heterocycles. The number of hydrogen-bond donors (Lipinski definition) is 0. The summed E-state index contributed by atoms with van der Waals surface area (Å²) in [6, 6.07) is 3.61. The van der Waals surface area contributed by atoms with Crippen molar-refractivity contribution in [3.8, 4) is 24.3 Å². The first-order valence-electron chi connectivity index (χ1n) is 3.85. The lowest BCUT2D eigenvalue weighted by molar-refractivity contribution is 0.267. The molecule has 0 aliphatic rings. The van der Waals surface area contributed by atoms with Gasteiger partial charge in [0, 0.05) is 10.7 Å². The van der Waals surface area contributed by atoms with Crippen molar-refractivity contribution in [3.05, 3.63) is 22.3 Å². The fourth-order valence-electron chi connectivity index (χ4n) is 0.802. The number of rotatable bonds is 2. The summed E-state index contributed by atoms with van der Waals surface area (Å²) in [5, 5.41) is 8.79. The average Bonchev–Trinajstić information content (AvgIpc) is 2.20. The second kappa shape index (κ2) is 4.64. The number of aromatic nitrogens is 1. The Kier molecular flexibility index (Phi) is 3.50. The van der Waals surface area contributed by atoms with Crippen LogP contribution in [0.4, 0.5) is 0 Å². The van der Waals surface area contributed by atoms with Crippen LogP contribution < -0.4 is 4.74 Å². The fraction of sp³-hybridized carbons (Fsp3) is 0.200. The van der Waals surface area contributed by atoms with Crippen LogP contribution in [0, 0.1) is 23.7 Å². The molecule has 1 heterocycles. The lowest BCUT2D eigenvalue weighted by Gasteiger charge is -2.08. The zero-order valence-electron chi connectivity index (χ0n) is 7.49. The van der Waals surface area contributed by atoms with Gasteiger partial charge in [-0.1, -0.05) is 5.92 Å². The molecule has 3 nitrogen and oxygen atoms in total. The highest BCUT2D eigenvalue weighted by atomic mass is 79.9. The van der Waals surface area contributed by atoms with E-state index in [1.807, 2.05) is 6.07 Å². The van der Waals surface area contributed by atoms with Crippen LogP contribution in [-0.2, 0) is 0 Å².